The lowest BCUT2D eigenvalue weighted by atomic mass is 10.0. The first-order chi connectivity index (χ1) is 8.49. The Kier molecular flexibility index (Phi) is 3.34. The van der Waals surface area contributed by atoms with Crippen LogP contribution in [0.3, 0.4) is 0 Å². The molecule has 4 nitrogen and oxygen atoms in total. The van der Waals surface area contributed by atoms with Crippen LogP contribution in [0, 0.1) is 5.82 Å². The Labute approximate surface area is 108 Å². The molecule has 0 bridgehead atoms. The van der Waals surface area contributed by atoms with Crippen molar-refractivity contribution < 1.29 is 14.3 Å². The Balaban J connectivity index is 2.39. The van der Waals surface area contributed by atoms with Gasteiger partial charge in [-0.25, -0.2) is 9.07 Å². The largest absolute Gasteiger partial charge is 0.481 e. The molecule has 18 heavy (non-hydrogen) atoms. The van der Waals surface area contributed by atoms with Gasteiger partial charge in [0.2, 0.25) is 0 Å². The average molecular weight is 269 g/mol. The molecule has 1 aromatic carbocycles. The average Bonchev–Trinajstić information content (AvgIpc) is 2.74. The minimum Gasteiger partial charge on any atom is -0.481 e. The van der Waals surface area contributed by atoms with Crippen molar-refractivity contribution in [2.24, 2.45) is 0 Å². The van der Waals surface area contributed by atoms with Gasteiger partial charge in [0, 0.05) is 0 Å². The minimum absolute atomic E-state index is 0.323. The lowest BCUT2D eigenvalue weighted by molar-refractivity contribution is -0.138. The SMILES string of the molecule is CC(C(=O)O)c1ccc(-n2cc(F)cn2)c(Cl)c1. The van der Waals surface area contributed by atoms with Crippen LogP contribution in [0.4, 0.5) is 4.39 Å². The fraction of sp³-hybridized carbons (Fsp3) is 0.167. The number of carboxylic acids is 1. The van der Waals surface area contributed by atoms with Crippen molar-refractivity contribution in [3.8, 4) is 5.69 Å². The van der Waals surface area contributed by atoms with Crippen molar-refractivity contribution in [3.05, 3.63) is 47.0 Å². The molecule has 0 fully saturated rings. The summed E-state index contributed by atoms with van der Waals surface area (Å²) in [6, 6.07) is 4.80. The normalized spacial score (nSPS) is 12.4. The van der Waals surface area contributed by atoms with E-state index in [2.05, 4.69) is 5.10 Å². The van der Waals surface area contributed by atoms with E-state index in [0.29, 0.717) is 16.3 Å². The van der Waals surface area contributed by atoms with Gasteiger partial charge in [0.1, 0.15) is 0 Å². The molecule has 0 aliphatic carbocycles. The number of carbonyl (C=O) groups is 1. The molecule has 0 saturated heterocycles. The molecular formula is C12H10ClFN2O2. The maximum atomic E-state index is 12.9. The molecule has 1 aromatic heterocycles. The highest BCUT2D eigenvalue weighted by Gasteiger charge is 2.15. The van der Waals surface area contributed by atoms with Crippen molar-refractivity contribution in [1.29, 1.82) is 0 Å². The van der Waals surface area contributed by atoms with Crippen LogP contribution >= 0.6 is 11.6 Å². The van der Waals surface area contributed by atoms with E-state index in [1.807, 2.05) is 0 Å². The summed E-state index contributed by atoms with van der Waals surface area (Å²) in [4.78, 5) is 10.9. The van der Waals surface area contributed by atoms with E-state index in [1.165, 1.54) is 10.9 Å². The van der Waals surface area contributed by atoms with E-state index in [4.69, 9.17) is 16.7 Å². The summed E-state index contributed by atoms with van der Waals surface area (Å²) in [6.45, 7) is 1.57. The maximum absolute atomic E-state index is 12.9. The molecule has 6 heteroatoms. The zero-order valence-electron chi connectivity index (χ0n) is 9.47. The second-order valence-electron chi connectivity index (χ2n) is 3.87. The lowest BCUT2D eigenvalue weighted by Gasteiger charge is -2.10. The molecule has 0 saturated carbocycles. The second kappa shape index (κ2) is 4.78. The van der Waals surface area contributed by atoms with Crippen LogP contribution < -0.4 is 0 Å². The number of carboxylic acid groups (broad SMARTS) is 1. The summed E-state index contributed by atoms with van der Waals surface area (Å²) in [5, 5.41) is 13.0. The summed E-state index contributed by atoms with van der Waals surface area (Å²) in [5.74, 6) is -2.04. The van der Waals surface area contributed by atoms with E-state index in [9.17, 15) is 9.18 Å². The minimum atomic E-state index is -0.927. The van der Waals surface area contributed by atoms with E-state index in [-0.39, 0.29) is 0 Å². The number of hydrogen-bond acceptors (Lipinski definition) is 2. The smallest absolute Gasteiger partial charge is 0.310 e. The van der Waals surface area contributed by atoms with Gasteiger partial charge in [-0.15, -0.1) is 0 Å². The summed E-state index contributed by atoms with van der Waals surface area (Å²) in [5.41, 5.74) is 1.09. The van der Waals surface area contributed by atoms with Crippen LogP contribution in [0.1, 0.15) is 18.4 Å². The van der Waals surface area contributed by atoms with E-state index < -0.39 is 17.7 Å². The first kappa shape index (κ1) is 12.6. The third kappa shape index (κ3) is 2.36. The molecule has 1 N–H and O–H groups in total. The third-order valence-electron chi connectivity index (χ3n) is 2.64. The van der Waals surface area contributed by atoms with Crippen molar-refractivity contribution in [3.63, 3.8) is 0 Å². The van der Waals surface area contributed by atoms with Crippen molar-refractivity contribution >= 4 is 17.6 Å². The van der Waals surface area contributed by atoms with Gasteiger partial charge in [0.25, 0.3) is 0 Å². The fourth-order valence-electron chi connectivity index (χ4n) is 1.55. The Hall–Kier alpha value is -1.88. The van der Waals surface area contributed by atoms with E-state index in [0.717, 1.165) is 6.20 Å². The van der Waals surface area contributed by atoms with Gasteiger partial charge in [-0.3, -0.25) is 4.79 Å². The van der Waals surface area contributed by atoms with Crippen molar-refractivity contribution in [2.75, 3.05) is 0 Å². The number of benzene rings is 1. The van der Waals surface area contributed by atoms with Crippen molar-refractivity contribution in [1.82, 2.24) is 9.78 Å². The molecule has 2 aromatic rings. The van der Waals surface area contributed by atoms with Crippen LogP contribution in [-0.2, 0) is 4.79 Å². The number of nitrogens with zero attached hydrogens (tertiary/aromatic N) is 2. The molecule has 2 rings (SSSR count). The Bertz CT molecular complexity index is 598. The summed E-state index contributed by atoms with van der Waals surface area (Å²) in [7, 11) is 0. The zero-order valence-corrected chi connectivity index (χ0v) is 10.2. The molecule has 1 heterocycles. The quantitative estimate of drug-likeness (QED) is 0.931. The lowest BCUT2D eigenvalue weighted by Crippen LogP contribution is -2.07. The summed E-state index contributed by atoms with van der Waals surface area (Å²) in [6.07, 6.45) is 2.27. The van der Waals surface area contributed by atoms with Crippen LogP contribution in [0.2, 0.25) is 5.02 Å². The van der Waals surface area contributed by atoms with Crippen LogP contribution in [0.15, 0.2) is 30.6 Å². The fourth-order valence-corrected chi connectivity index (χ4v) is 1.83. The molecule has 1 atom stereocenters. The topological polar surface area (TPSA) is 55.1 Å². The third-order valence-corrected chi connectivity index (χ3v) is 2.94. The van der Waals surface area contributed by atoms with Gasteiger partial charge in [-0.05, 0) is 24.6 Å². The van der Waals surface area contributed by atoms with E-state index >= 15 is 0 Å². The van der Waals surface area contributed by atoms with Crippen LogP contribution in [0.5, 0.6) is 0 Å². The number of aromatic nitrogens is 2. The summed E-state index contributed by atoms with van der Waals surface area (Å²) < 4.78 is 14.2. The number of rotatable bonds is 3. The first-order valence-electron chi connectivity index (χ1n) is 5.22. The zero-order chi connectivity index (χ0) is 13.3. The van der Waals surface area contributed by atoms with Gasteiger partial charge in [-0.1, -0.05) is 17.7 Å². The van der Waals surface area contributed by atoms with Gasteiger partial charge in [0.05, 0.1) is 29.0 Å². The van der Waals surface area contributed by atoms with Gasteiger partial charge in [-0.2, -0.15) is 5.10 Å². The predicted octanol–water partition coefficient (Wildman–Crippen LogP) is 2.85. The van der Waals surface area contributed by atoms with Gasteiger partial charge >= 0.3 is 5.97 Å². The molecule has 0 spiro atoms. The first-order valence-corrected chi connectivity index (χ1v) is 5.59. The standard InChI is InChI=1S/C12H10ClFN2O2/c1-7(12(17)18)8-2-3-11(10(13)4-8)16-6-9(14)5-15-16/h2-7H,1H3,(H,17,18). The number of aliphatic carboxylic acids is 1. The predicted molar refractivity (Wildman–Crippen MR) is 64.6 cm³/mol. The molecular weight excluding hydrogens is 259 g/mol. The molecule has 1 unspecified atom stereocenters. The Morgan fingerprint density at radius 1 is 1.56 bits per heavy atom. The highest BCUT2D eigenvalue weighted by molar-refractivity contribution is 6.32. The van der Waals surface area contributed by atoms with Crippen LogP contribution in [0.25, 0.3) is 5.69 Å². The summed E-state index contributed by atoms with van der Waals surface area (Å²) >= 11 is 6.05. The highest BCUT2D eigenvalue weighted by Crippen LogP contribution is 2.25. The molecule has 0 aliphatic heterocycles. The number of halogens is 2. The number of hydrogen-bond donors (Lipinski definition) is 1. The highest BCUT2D eigenvalue weighted by atomic mass is 35.5. The monoisotopic (exact) mass is 268 g/mol. The maximum Gasteiger partial charge on any atom is 0.310 e. The molecule has 0 aliphatic rings. The molecule has 0 radical (unpaired) electrons. The van der Waals surface area contributed by atoms with Gasteiger partial charge in [0.15, 0.2) is 5.82 Å². The van der Waals surface area contributed by atoms with Crippen molar-refractivity contribution in [2.45, 2.75) is 12.8 Å². The van der Waals surface area contributed by atoms with Crippen LogP contribution in [-0.4, -0.2) is 20.9 Å². The Morgan fingerprint density at radius 3 is 2.78 bits per heavy atom. The van der Waals surface area contributed by atoms with Gasteiger partial charge < -0.3 is 5.11 Å². The Morgan fingerprint density at radius 2 is 2.28 bits per heavy atom. The molecule has 94 valence electrons. The molecule has 0 amide bonds. The van der Waals surface area contributed by atoms with E-state index in [1.54, 1.807) is 25.1 Å². The second-order valence-corrected chi connectivity index (χ2v) is 4.28.